The summed E-state index contributed by atoms with van der Waals surface area (Å²) >= 11 is 0. The summed E-state index contributed by atoms with van der Waals surface area (Å²) in [6, 6.07) is 12.6. The predicted octanol–water partition coefficient (Wildman–Crippen LogP) is 4.94. The number of aryl methyl sites for hydroxylation is 4. The minimum atomic E-state index is 0. The first-order chi connectivity index (χ1) is 11.5. The van der Waals surface area contributed by atoms with Crippen LogP contribution in [0, 0.1) is 33.9 Å². The maximum Gasteiger partial charge on any atom is 0.0467 e. The standard InChI is InChI=1S/C21H22N3.Ir/c1-14-7-6-8-15(2)21(14)24(5)18-9-10-22-20(12-18)19-13-23-17(4)11-16(19)3;/h6-12H,1-5H3;/q-1;. The first-order valence-electron chi connectivity index (χ1n) is 8.09. The zero-order valence-electron chi connectivity index (χ0n) is 15.2. The molecule has 0 saturated carbocycles. The number of hydrogen-bond donors (Lipinski definition) is 0. The van der Waals surface area contributed by atoms with Crippen LogP contribution in [-0.2, 0) is 20.1 Å². The van der Waals surface area contributed by atoms with Crippen LogP contribution < -0.4 is 4.90 Å². The quantitative estimate of drug-likeness (QED) is 0.469. The van der Waals surface area contributed by atoms with E-state index in [-0.39, 0.29) is 20.1 Å². The summed E-state index contributed by atoms with van der Waals surface area (Å²) in [6.45, 7) is 8.33. The van der Waals surface area contributed by atoms with Crippen molar-refractivity contribution in [1.82, 2.24) is 9.97 Å². The number of benzene rings is 1. The molecule has 2 heterocycles. The number of para-hydroxylation sites is 1. The Hall–Kier alpha value is -2.03. The van der Waals surface area contributed by atoms with Crippen LogP contribution in [0.3, 0.4) is 0 Å². The van der Waals surface area contributed by atoms with Crippen LogP contribution >= 0.6 is 0 Å². The number of anilines is 2. The van der Waals surface area contributed by atoms with Gasteiger partial charge in [0.1, 0.15) is 0 Å². The molecule has 0 saturated heterocycles. The van der Waals surface area contributed by atoms with Gasteiger partial charge >= 0.3 is 0 Å². The minimum absolute atomic E-state index is 0. The van der Waals surface area contributed by atoms with Gasteiger partial charge in [0.05, 0.1) is 0 Å². The van der Waals surface area contributed by atoms with Crippen molar-refractivity contribution in [1.29, 1.82) is 0 Å². The summed E-state index contributed by atoms with van der Waals surface area (Å²) in [6.07, 6.45) is 4.97. The molecular formula is C21H22IrN3-. The molecular weight excluding hydrogens is 486 g/mol. The Labute approximate surface area is 163 Å². The van der Waals surface area contributed by atoms with Gasteiger partial charge in [0.15, 0.2) is 0 Å². The fourth-order valence-corrected chi connectivity index (χ4v) is 3.14. The number of aromatic nitrogens is 2. The maximum atomic E-state index is 4.52. The third-order valence-electron chi connectivity index (χ3n) is 4.33. The first-order valence-corrected chi connectivity index (χ1v) is 8.09. The van der Waals surface area contributed by atoms with Gasteiger partial charge in [-0.2, -0.15) is 0 Å². The second-order valence-electron chi connectivity index (χ2n) is 6.27. The topological polar surface area (TPSA) is 29.0 Å². The normalized spacial score (nSPS) is 10.3. The summed E-state index contributed by atoms with van der Waals surface area (Å²) < 4.78 is 0. The molecule has 25 heavy (non-hydrogen) atoms. The predicted molar refractivity (Wildman–Crippen MR) is 99.8 cm³/mol. The number of hydrogen-bond acceptors (Lipinski definition) is 3. The van der Waals surface area contributed by atoms with E-state index in [0.717, 1.165) is 28.2 Å². The molecule has 3 aromatic rings. The second-order valence-corrected chi connectivity index (χ2v) is 6.27. The van der Waals surface area contributed by atoms with Crippen molar-refractivity contribution in [2.45, 2.75) is 27.7 Å². The average molecular weight is 509 g/mol. The Morgan fingerprint density at radius 1 is 0.920 bits per heavy atom. The van der Waals surface area contributed by atoms with Crippen molar-refractivity contribution >= 4 is 11.4 Å². The summed E-state index contributed by atoms with van der Waals surface area (Å²) in [5.41, 5.74) is 8.82. The number of nitrogens with zero attached hydrogens (tertiary/aromatic N) is 3. The van der Waals surface area contributed by atoms with E-state index in [9.17, 15) is 0 Å². The van der Waals surface area contributed by atoms with E-state index in [4.69, 9.17) is 0 Å². The van der Waals surface area contributed by atoms with Crippen molar-refractivity contribution in [2.24, 2.45) is 0 Å². The van der Waals surface area contributed by atoms with Crippen molar-refractivity contribution in [3.05, 3.63) is 71.2 Å². The van der Waals surface area contributed by atoms with Crippen LogP contribution in [-0.4, -0.2) is 17.0 Å². The molecule has 0 bridgehead atoms. The Kier molecular flexibility index (Phi) is 6.10. The second kappa shape index (κ2) is 7.90. The van der Waals surface area contributed by atoms with Crippen LogP contribution in [0.1, 0.15) is 22.4 Å². The molecule has 0 aliphatic carbocycles. The van der Waals surface area contributed by atoms with Crippen molar-refractivity contribution in [2.75, 3.05) is 11.9 Å². The first kappa shape index (κ1) is 19.3. The molecule has 0 aliphatic heterocycles. The van der Waals surface area contributed by atoms with Gasteiger partial charge in [-0.3, -0.25) is 0 Å². The fourth-order valence-electron chi connectivity index (χ4n) is 3.14. The maximum absolute atomic E-state index is 4.52. The van der Waals surface area contributed by atoms with E-state index in [0.29, 0.717) is 0 Å². The third kappa shape index (κ3) is 3.97. The van der Waals surface area contributed by atoms with Gasteiger partial charge in [0.25, 0.3) is 0 Å². The molecule has 0 unspecified atom stereocenters. The molecule has 0 aliphatic rings. The van der Waals surface area contributed by atoms with Crippen molar-refractivity contribution in [3.63, 3.8) is 0 Å². The van der Waals surface area contributed by atoms with Crippen LogP contribution in [0.5, 0.6) is 0 Å². The molecule has 1 aromatic carbocycles. The largest absolute Gasteiger partial charge is 0.357 e. The Balaban J connectivity index is 0.00000225. The summed E-state index contributed by atoms with van der Waals surface area (Å²) in [5, 5.41) is 0. The molecule has 0 fully saturated rings. The van der Waals surface area contributed by atoms with Crippen LogP contribution in [0.15, 0.2) is 42.6 Å². The van der Waals surface area contributed by atoms with Crippen LogP contribution in [0.4, 0.5) is 11.4 Å². The Morgan fingerprint density at radius 3 is 2.24 bits per heavy atom. The van der Waals surface area contributed by atoms with Gasteiger partial charge in [-0.05, 0) is 48.6 Å². The molecule has 2 aromatic heterocycles. The summed E-state index contributed by atoms with van der Waals surface area (Å²) in [5.74, 6) is 0. The van der Waals surface area contributed by atoms with E-state index in [1.807, 2.05) is 19.2 Å². The van der Waals surface area contributed by atoms with Gasteiger partial charge in [-0.15, -0.1) is 17.2 Å². The third-order valence-corrected chi connectivity index (χ3v) is 4.33. The summed E-state index contributed by atoms with van der Waals surface area (Å²) in [7, 11) is 2.10. The zero-order valence-corrected chi connectivity index (χ0v) is 17.6. The average Bonchev–Trinajstić information content (AvgIpc) is 2.54. The van der Waals surface area contributed by atoms with Crippen molar-refractivity contribution < 1.29 is 20.1 Å². The molecule has 131 valence electrons. The molecule has 1 radical (unpaired) electrons. The van der Waals surface area contributed by atoms with E-state index >= 15 is 0 Å². The minimum Gasteiger partial charge on any atom is -0.357 e. The molecule has 0 spiro atoms. The molecule has 0 atom stereocenters. The van der Waals surface area contributed by atoms with Gasteiger partial charge < -0.3 is 14.9 Å². The molecule has 3 nitrogen and oxygen atoms in total. The van der Waals surface area contributed by atoms with E-state index in [1.165, 1.54) is 16.8 Å². The molecule has 0 N–H and O–H groups in total. The Morgan fingerprint density at radius 2 is 1.60 bits per heavy atom. The smallest absolute Gasteiger partial charge is 0.0467 e. The van der Waals surface area contributed by atoms with Gasteiger partial charge in [-0.1, -0.05) is 38.1 Å². The molecule has 4 heteroatoms. The van der Waals surface area contributed by atoms with Gasteiger partial charge in [0.2, 0.25) is 0 Å². The molecule has 3 rings (SSSR count). The van der Waals surface area contributed by atoms with Gasteiger partial charge in [0, 0.05) is 44.7 Å². The number of rotatable bonds is 3. The molecule has 0 amide bonds. The van der Waals surface area contributed by atoms with Crippen molar-refractivity contribution in [3.8, 4) is 11.3 Å². The van der Waals surface area contributed by atoms with Crippen LogP contribution in [0.2, 0.25) is 0 Å². The zero-order chi connectivity index (χ0) is 17.3. The SMILES string of the molecule is Cc1cc(C)c(-c2cc(N(C)c3c(C)cccc3C)ccn2)[c-]n1.[Ir]. The summed E-state index contributed by atoms with van der Waals surface area (Å²) in [4.78, 5) is 11.0. The monoisotopic (exact) mass is 509 g/mol. The van der Waals surface area contributed by atoms with Gasteiger partial charge in [-0.25, -0.2) is 0 Å². The van der Waals surface area contributed by atoms with E-state index in [1.54, 1.807) is 0 Å². The van der Waals surface area contributed by atoms with Crippen LogP contribution in [0.25, 0.3) is 11.3 Å². The van der Waals surface area contributed by atoms with E-state index < -0.39 is 0 Å². The fraction of sp³-hybridized carbons (Fsp3) is 0.238. The Bertz CT molecular complexity index is 870. The number of pyridine rings is 2. The van der Waals surface area contributed by atoms with E-state index in [2.05, 4.69) is 79.2 Å².